The van der Waals surface area contributed by atoms with Crippen LogP contribution in [0.3, 0.4) is 0 Å². The van der Waals surface area contributed by atoms with E-state index in [1.54, 1.807) is 13.0 Å². The number of ether oxygens (including phenoxy) is 2. The minimum atomic E-state index is -0.569. The van der Waals surface area contributed by atoms with Crippen LogP contribution >= 0.6 is 11.3 Å². The van der Waals surface area contributed by atoms with Gasteiger partial charge in [0.15, 0.2) is 0 Å². The monoisotopic (exact) mass is 361 g/mol. The highest BCUT2D eigenvalue weighted by molar-refractivity contribution is 7.07. The lowest BCUT2D eigenvalue weighted by molar-refractivity contribution is -0.141. The zero-order valence-corrected chi connectivity index (χ0v) is 15.1. The summed E-state index contributed by atoms with van der Waals surface area (Å²) < 4.78 is 11.5. The van der Waals surface area contributed by atoms with E-state index in [4.69, 9.17) is 4.74 Å². The van der Waals surface area contributed by atoms with Crippen molar-refractivity contribution in [2.75, 3.05) is 13.7 Å². The van der Waals surface area contributed by atoms with Crippen LogP contribution in [-0.2, 0) is 25.6 Å². The maximum atomic E-state index is 12.6. The Kier molecular flexibility index (Phi) is 6.30. The van der Waals surface area contributed by atoms with Crippen molar-refractivity contribution in [2.45, 2.75) is 20.4 Å². The number of carbonyl (C=O) groups is 2. The number of benzene rings is 1. The molecular formula is C18H19NO5S. The molecule has 0 spiro atoms. The number of hydrogen-bond donors (Lipinski definition) is 0. The van der Waals surface area contributed by atoms with Crippen molar-refractivity contribution in [2.24, 2.45) is 0 Å². The molecule has 0 atom stereocenters. The highest BCUT2D eigenvalue weighted by atomic mass is 32.1. The first kappa shape index (κ1) is 18.7. The molecule has 0 radical (unpaired) electrons. The standard InChI is InChI=1S/C18H19NO5S/c1-4-24-16(20)10-15-19(11-17(21)23-3)18(22)14(25-15)9-13-7-5-12(2)6-8-13/h5-10H,4,11H2,1-3H3/b14-9-,15-10-. The van der Waals surface area contributed by atoms with Crippen LogP contribution in [0, 0.1) is 6.92 Å². The van der Waals surface area contributed by atoms with Crippen LogP contribution in [0.1, 0.15) is 18.1 Å². The molecule has 1 aromatic carbocycles. The molecule has 132 valence electrons. The van der Waals surface area contributed by atoms with Gasteiger partial charge in [-0.2, -0.15) is 0 Å². The molecule has 0 aliphatic heterocycles. The first-order valence-corrected chi connectivity index (χ1v) is 8.49. The van der Waals surface area contributed by atoms with Gasteiger partial charge in [-0.1, -0.05) is 29.8 Å². The average Bonchev–Trinajstić information content (AvgIpc) is 2.85. The van der Waals surface area contributed by atoms with Crippen LogP contribution in [0.2, 0.25) is 0 Å². The van der Waals surface area contributed by atoms with Crippen molar-refractivity contribution in [3.05, 3.63) is 54.9 Å². The molecule has 2 aromatic rings. The van der Waals surface area contributed by atoms with E-state index in [2.05, 4.69) is 4.74 Å². The Bertz CT molecular complexity index is 937. The Morgan fingerprint density at radius 1 is 1.24 bits per heavy atom. The molecule has 2 rings (SSSR count). The van der Waals surface area contributed by atoms with Crippen LogP contribution in [0.5, 0.6) is 0 Å². The molecule has 0 fully saturated rings. The predicted molar refractivity (Wildman–Crippen MR) is 95.7 cm³/mol. The number of aryl methyl sites for hydroxylation is 1. The SMILES string of the molecule is CCOC(=O)/C=c1\s/c(=C\c2ccc(C)cc2)c(=O)n1CC(=O)OC. The fourth-order valence-electron chi connectivity index (χ4n) is 2.09. The van der Waals surface area contributed by atoms with Gasteiger partial charge in [-0.15, -0.1) is 11.3 Å². The van der Waals surface area contributed by atoms with E-state index in [-0.39, 0.29) is 18.7 Å². The minimum absolute atomic E-state index is 0.226. The molecule has 0 unspecified atom stereocenters. The number of methoxy groups -OCH3 is 1. The van der Waals surface area contributed by atoms with Crippen molar-refractivity contribution in [1.82, 2.24) is 4.57 Å². The fraction of sp³-hybridized carbons (Fsp3) is 0.278. The molecule has 0 N–H and O–H groups in total. The lowest BCUT2D eigenvalue weighted by atomic mass is 10.1. The van der Waals surface area contributed by atoms with Crippen LogP contribution in [0.25, 0.3) is 12.2 Å². The molecule has 0 bridgehead atoms. The van der Waals surface area contributed by atoms with E-state index in [0.717, 1.165) is 22.5 Å². The van der Waals surface area contributed by atoms with Gasteiger partial charge >= 0.3 is 11.9 Å². The van der Waals surface area contributed by atoms with Gasteiger partial charge in [-0.05, 0) is 25.5 Å². The Morgan fingerprint density at radius 2 is 1.92 bits per heavy atom. The highest BCUT2D eigenvalue weighted by Gasteiger charge is 2.11. The van der Waals surface area contributed by atoms with E-state index >= 15 is 0 Å². The first-order valence-electron chi connectivity index (χ1n) is 7.68. The third-order valence-corrected chi connectivity index (χ3v) is 4.41. The molecular weight excluding hydrogens is 342 g/mol. The number of esters is 2. The van der Waals surface area contributed by atoms with Crippen LogP contribution in [0.15, 0.2) is 29.1 Å². The van der Waals surface area contributed by atoms with Crippen molar-refractivity contribution < 1.29 is 19.1 Å². The summed E-state index contributed by atoms with van der Waals surface area (Å²) in [5, 5.41) is 0. The van der Waals surface area contributed by atoms with Gasteiger partial charge in [0, 0.05) is 0 Å². The molecule has 25 heavy (non-hydrogen) atoms. The van der Waals surface area contributed by atoms with Crippen molar-refractivity contribution in [3.63, 3.8) is 0 Å². The fourth-order valence-corrected chi connectivity index (χ4v) is 3.12. The second-order valence-electron chi connectivity index (χ2n) is 5.22. The smallest absolute Gasteiger partial charge is 0.333 e. The topological polar surface area (TPSA) is 74.6 Å². The van der Waals surface area contributed by atoms with E-state index in [0.29, 0.717) is 9.20 Å². The minimum Gasteiger partial charge on any atom is -0.468 e. The lowest BCUT2D eigenvalue weighted by Gasteiger charge is -2.00. The molecule has 0 saturated carbocycles. The third-order valence-electron chi connectivity index (χ3n) is 3.35. The van der Waals surface area contributed by atoms with E-state index in [1.165, 1.54) is 17.8 Å². The number of rotatable bonds is 5. The molecule has 1 heterocycles. The molecule has 1 aromatic heterocycles. The summed E-state index contributed by atoms with van der Waals surface area (Å²) in [4.78, 5) is 35.9. The van der Waals surface area contributed by atoms with Gasteiger partial charge < -0.3 is 9.47 Å². The van der Waals surface area contributed by atoms with Gasteiger partial charge in [-0.3, -0.25) is 14.2 Å². The van der Waals surface area contributed by atoms with E-state index in [9.17, 15) is 14.4 Å². The second-order valence-corrected chi connectivity index (χ2v) is 6.29. The summed E-state index contributed by atoms with van der Waals surface area (Å²) in [6.45, 7) is 3.63. The van der Waals surface area contributed by atoms with Crippen LogP contribution in [-0.4, -0.2) is 30.2 Å². The summed E-state index contributed by atoms with van der Waals surface area (Å²) in [7, 11) is 1.24. The highest BCUT2D eigenvalue weighted by Crippen LogP contribution is 2.03. The van der Waals surface area contributed by atoms with Crippen molar-refractivity contribution >= 4 is 35.4 Å². The largest absolute Gasteiger partial charge is 0.468 e. The summed E-state index contributed by atoms with van der Waals surface area (Å²) in [6.07, 6.45) is 2.94. The molecule has 0 saturated heterocycles. The molecule has 7 heteroatoms. The summed E-state index contributed by atoms with van der Waals surface area (Å²) in [5.41, 5.74) is 1.62. The van der Waals surface area contributed by atoms with E-state index < -0.39 is 11.9 Å². The van der Waals surface area contributed by atoms with Crippen LogP contribution < -0.4 is 14.8 Å². The predicted octanol–water partition coefficient (Wildman–Crippen LogP) is 0.564. The Hall–Kier alpha value is -2.67. The summed E-state index contributed by atoms with van der Waals surface area (Å²) in [5.74, 6) is -1.13. The molecule has 0 aliphatic rings. The van der Waals surface area contributed by atoms with Gasteiger partial charge in [0.25, 0.3) is 5.56 Å². The maximum absolute atomic E-state index is 12.6. The van der Waals surface area contributed by atoms with Crippen LogP contribution in [0.4, 0.5) is 0 Å². The lowest BCUT2D eigenvalue weighted by Crippen LogP contribution is -2.34. The summed E-state index contributed by atoms with van der Waals surface area (Å²) >= 11 is 1.12. The zero-order chi connectivity index (χ0) is 18.4. The van der Waals surface area contributed by atoms with Crippen molar-refractivity contribution in [1.29, 1.82) is 0 Å². The van der Waals surface area contributed by atoms with Gasteiger partial charge in [-0.25, -0.2) is 4.79 Å². The second kappa shape index (κ2) is 8.43. The third kappa shape index (κ3) is 4.90. The van der Waals surface area contributed by atoms with Gasteiger partial charge in [0.05, 0.1) is 24.3 Å². The molecule has 0 amide bonds. The number of thiazole rings is 1. The van der Waals surface area contributed by atoms with E-state index in [1.807, 2.05) is 31.2 Å². The first-order chi connectivity index (χ1) is 11.9. The molecule has 6 nitrogen and oxygen atoms in total. The van der Waals surface area contributed by atoms with Gasteiger partial charge in [0.2, 0.25) is 0 Å². The van der Waals surface area contributed by atoms with Gasteiger partial charge in [0.1, 0.15) is 11.2 Å². The maximum Gasteiger partial charge on any atom is 0.333 e. The number of nitrogens with zero attached hydrogens (tertiary/aromatic N) is 1. The van der Waals surface area contributed by atoms with Crippen molar-refractivity contribution in [3.8, 4) is 0 Å². The Balaban J connectivity index is 2.59. The Labute approximate surface area is 148 Å². The Morgan fingerprint density at radius 3 is 2.52 bits per heavy atom. The summed E-state index contributed by atoms with van der Waals surface area (Å²) in [6, 6.07) is 7.68. The number of aromatic nitrogens is 1. The molecule has 0 aliphatic carbocycles. The zero-order valence-electron chi connectivity index (χ0n) is 14.3. The number of carbonyl (C=O) groups excluding carboxylic acids is 2. The number of hydrogen-bond acceptors (Lipinski definition) is 6. The quantitative estimate of drug-likeness (QED) is 0.728. The normalized spacial score (nSPS) is 12.3. The average molecular weight is 361 g/mol.